The molecule has 3 heterocycles. The number of H-pyrrole nitrogens is 1. The number of amides is 1. The Labute approximate surface area is 154 Å². The molecule has 1 aliphatic rings. The number of nitrogens with one attached hydrogen (secondary N) is 1. The van der Waals surface area contributed by atoms with E-state index in [9.17, 15) is 13.6 Å². The Morgan fingerprint density at radius 3 is 2.70 bits per heavy atom. The van der Waals surface area contributed by atoms with Gasteiger partial charge in [0, 0.05) is 30.4 Å². The number of aromatic nitrogens is 3. The first-order valence-corrected chi connectivity index (χ1v) is 8.75. The fraction of sp³-hybridized carbons (Fsp3) is 0.316. The van der Waals surface area contributed by atoms with E-state index in [-0.39, 0.29) is 29.5 Å². The van der Waals surface area contributed by atoms with Crippen LogP contribution >= 0.6 is 0 Å². The van der Waals surface area contributed by atoms with Gasteiger partial charge in [0.25, 0.3) is 5.91 Å². The highest BCUT2D eigenvalue weighted by atomic mass is 19.1. The molecule has 0 radical (unpaired) electrons. The van der Waals surface area contributed by atoms with Crippen LogP contribution in [0.3, 0.4) is 0 Å². The van der Waals surface area contributed by atoms with E-state index in [4.69, 9.17) is 4.52 Å². The van der Waals surface area contributed by atoms with Crippen LogP contribution in [-0.4, -0.2) is 38.5 Å². The molecule has 1 aromatic carbocycles. The van der Waals surface area contributed by atoms with E-state index in [0.717, 1.165) is 12.8 Å². The first kappa shape index (κ1) is 17.4. The van der Waals surface area contributed by atoms with Crippen LogP contribution in [-0.2, 0) is 0 Å². The predicted molar refractivity (Wildman–Crippen MR) is 92.9 cm³/mol. The van der Waals surface area contributed by atoms with E-state index < -0.39 is 5.82 Å². The van der Waals surface area contributed by atoms with Crippen LogP contribution < -0.4 is 0 Å². The van der Waals surface area contributed by atoms with Gasteiger partial charge in [-0.2, -0.15) is 4.98 Å². The Morgan fingerprint density at radius 2 is 2.00 bits per heavy atom. The molecule has 2 unspecified atom stereocenters. The zero-order valence-electron chi connectivity index (χ0n) is 14.7. The molecule has 1 saturated heterocycles. The quantitative estimate of drug-likeness (QED) is 0.760. The van der Waals surface area contributed by atoms with E-state index in [0.29, 0.717) is 23.7 Å². The second-order valence-electron chi connectivity index (χ2n) is 6.78. The second kappa shape index (κ2) is 6.94. The summed E-state index contributed by atoms with van der Waals surface area (Å²) in [4.78, 5) is 21.7. The Kier molecular flexibility index (Phi) is 4.47. The molecule has 4 rings (SSSR count). The van der Waals surface area contributed by atoms with Crippen molar-refractivity contribution in [3.63, 3.8) is 0 Å². The van der Waals surface area contributed by atoms with Gasteiger partial charge in [-0.25, -0.2) is 8.78 Å². The third-order valence-electron chi connectivity index (χ3n) is 4.91. The van der Waals surface area contributed by atoms with Gasteiger partial charge in [-0.1, -0.05) is 5.16 Å². The number of hydrogen-bond acceptors (Lipinski definition) is 4. The summed E-state index contributed by atoms with van der Waals surface area (Å²) in [6.45, 7) is 2.41. The van der Waals surface area contributed by atoms with Crippen molar-refractivity contribution < 1.29 is 18.1 Å². The van der Waals surface area contributed by atoms with E-state index in [1.54, 1.807) is 4.90 Å². The summed E-state index contributed by atoms with van der Waals surface area (Å²) in [6, 6.07) is 6.87. The standard InChI is InChI=1S/C19H18F2N4O2/c1-11-2-3-13(10-25(11)19(26)12-4-6-14(20)7-5-12)18-23-17(24-27-18)16-8-15(21)9-22-16/h4-9,11,13,22H,2-3,10H2,1H3. The van der Waals surface area contributed by atoms with Crippen molar-refractivity contribution >= 4 is 5.91 Å². The second-order valence-corrected chi connectivity index (χ2v) is 6.78. The van der Waals surface area contributed by atoms with Gasteiger partial charge in [0.15, 0.2) is 0 Å². The SMILES string of the molecule is CC1CCC(c2nc(-c3cc(F)c[nH]3)no2)CN1C(=O)c1ccc(F)cc1. The van der Waals surface area contributed by atoms with Crippen molar-refractivity contribution in [1.29, 1.82) is 0 Å². The van der Waals surface area contributed by atoms with Gasteiger partial charge in [0.05, 0.1) is 11.6 Å². The third kappa shape index (κ3) is 3.47. The van der Waals surface area contributed by atoms with Gasteiger partial charge in [-0.3, -0.25) is 4.79 Å². The van der Waals surface area contributed by atoms with Gasteiger partial charge in [0.2, 0.25) is 11.7 Å². The Bertz CT molecular complexity index is 951. The average Bonchev–Trinajstić information content (AvgIpc) is 3.31. The number of nitrogens with zero attached hydrogens (tertiary/aromatic N) is 3. The number of benzene rings is 1. The first-order valence-electron chi connectivity index (χ1n) is 8.75. The van der Waals surface area contributed by atoms with Crippen molar-refractivity contribution in [2.45, 2.75) is 31.7 Å². The van der Waals surface area contributed by atoms with Crippen LogP contribution in [0.15, 0.2) is 41.1 Å². The number of carbonyl (C=O) groups is 1. The van der Waals surface area contributed by atoms with Crippen LogP contribution in [0.4, 0.5) is 8.78 Å². The minimum Gasteiger partial charge on any atom is -0.356 e. The number of rotatable bonds is 3. The van der Waals surface area contributed by atoms with Crippen LogP contribution in [0.2, 0.25) is 0 Å². The lowest BCUT2D eigenvalue weighted by atomic mass is 9.92. The van der Waals surface area contributed by atoms with Gasteiger partial charge < -0.3 is 14.4 Å². The molecule has 1 amide bonds. The Balaban J connectivity index is 1.53. The number of hydrogen-bond donors (Lipinski definition) is 1. The molecule has 2 atom stereocenters. The van der Waals surface area contributed by atoms with Crippen molar-refractivity contribution in [3.05, 3.63) is 59.6 Å². The highest BCUT2D eigenvalue weighted by Gasteiger charge is 2.33. The molecule has 0 aliphatic carbocycles. The van der Waals surface area contributed by atoms with Crippen molar-refractivity contribution in [2.24, 2.45) is 0 Å². The van der Waals surface area contributed by atoms with Crippen LogP contribution in [0.5, 0.6) is 0 Å². The summed E-state index contributed by atoms with van der Waals surface area (Å²) in [5.41, 5.74) is 0.878. The van der Waals surface area contributed by atoms with Crippen LogP contribution in [0, 0.1) is 11.6 Å². The van der Waals surface area contributed by atoms with Crippen LogP contribution in [0.25, 0.3) is 11.5 Å². The Hall–Kier alpha value is -3.03. The lowest BCUT2D eigenvalue weighted by Crippen LogP contribution is -2.44. The number of aromatic amines is 1. The zero-order valence-corrected chi connectivity index (χ0v) is 14.7. The average molecular weight is 372 g/mol. The molecule has 0 spiro atoms. The van der Waals surface area contributed by atoms with Gasteiger partial charge >= 0.3 is 0 Å². The summed E-state index contributed by atoms with van der Waals surface area (Å²) >= 11 is 0. The maximum absolute atomic E-state index is 13.2. The van der Waals surface area contributed by atoms with Crippen LogP contribution in [0.1, 0.15) is 41.9 Å². The fourth-order valence-corrected chi connectivity index (χ4v) is 3.36. The maximum Gasteiger partial charge on any atom is 0.254 e. The maximum atomic E-state index is 13.2. The molecule has 1 N–H and O–H groups in total. The molecule has 0 bridgehead atoms. The van der Waals surface area contributed by atoms with E-state index in [1.807, 2.05) is 6.92 Å². The molecule has 2 aromatic heterocycles. The molecule has 0 saturated carbocycles. The molecular weight excluding hydrogens is 354 g/mol. The fourth-order valence-electron chi connectivity index (χ4n) is 3.36. The molecular formula is C19H18F2N4O2. The zero-order chi connectivity index (χ0) is 19.0. The highest BCUT2D eigenvalue weighted by Crippen LogP contribution is 2.31. The van der Waals surface area contributed by atoms with Crippen molar-refractivity contribution in [1.82, 2.24) is 20.0 Å². The lowest BCUT2D eigenvalue weighted by molar-refractivity contribution is 0.0593. The van der Waals surface area contributed by atoms with Gasteiger partial charge in [-0.05, 0) is 44.0 Å². The molecule has 6 nitrogen and oxygen atoms in total. The normalized spacial score (nSPS) is 20.0. The topological polar surface area (TPSA) is 75.0 Å². The summed E-state index contributed by atoms with van der Waals surface area (Å²) in [7, 11) is 0. The monoisotopic (exact) mass is 372 g/mol. The lowest BCUT2D eigenvalue weighted by Gasteiger charge is -2.36. The number of carbonyl (C=O) groups excluding carboxylic acids is 1. The minimum atomic E-state index is -0.404. The number of halogens is 2. The van der Waals surface area contributed by atoms with E-state index >= 15 is 0 Å². The summed E-state index contributed by atoms with van der Waals surface area (Å²) < 4.78 is 31.6. The predicted octanol–water partition coefficient (Wildman–Crippen LogP) is 3.75. The Morgan fingerprint density at radius 1 is 1.22 bits per heavy atom. The smallest absolute Gasteiger partial charge is 0.254 e. The summed E-state index contributed by atoms with van der Waals surface area (Å²) in [5, 5.41) is 3.90. The molecule has 3 aromatic rings. The molecule has 8 heteroatoms. The third-order valence-corrected chi connectivity index (χ3v) is 4.91. The highest BCUT2D eigenvalue weighted by molar-refractivity contribution is 5.94. The number of likely N-dealkylation sites (tertiary alicyclic amines) is 1. The van der Waals surface area contributed by atoms with E-state index in [2.05, 4.69) is 15.1 Å². The van der Waals surface area contributed by atoms with Crippen molar-refractivity contribution in [2.75, 3.05) is 6.54 Å². The molecule has 140 valence electrons. The molecule has 1 fully saturated rings. The summed E-state index contributed by atoms with van der Waals surface area (Å²) in [5.74, 6) is -0.341. The van der Waals surface area contributed by atoms with Gasteiger partial charge in [-0.15, -0.1) is 0 Å². The molecule has 1 aliphatic heterocycles. The van der Waals surface area contributed by atoms with E-state index in [1.165, 1.54) is 36.5 Å². The summed E-state index contributed by atoms with van der Waals surface area (Å²) in [6.07, 6.45) is 2.80. The first-order chi connectivity index (χ1) is 13.0. The number of piperidine rings is 1. The molecule has 27 heavy (non-hydrogen) atoms. The van der Waals surface area contributed by atoms with Crippen molar-refractivity contribution in [3.8, 4) is 11.5 Å². The largest absolute Gasteiger partial charge is 0.356 e. The van der Waals surface area contributed by atoms with Gasteiger partial charge in [0.1, 0.15) is 11.6 Å². The minimum absolute atomic E-state index is 0.0543.